The zero-order valence-electron chi connectivity index (χ0n) is 11.8. The number of alkyl halides is 1. The van der Waals surface area contributed by atoms with Crippen LogP contribution in [0.3, 0.4) is 0 Å². The third-order valence-electron chi connectivity index (χ3n) is 4.07. The Balaban J connectivity index is 2.03. The van der Waals surface area contributed by atoms with E-state index in [2.05, 4.69) is 35.2 Å². The Hall–Kier alpha value is -1.28. The average Bonchev–Trinajstić information content (AvgIpc) is 2.46. The second kappa shape index (κ2) is 6.45. The third-order valence-corrected chi connectivity index (χ3v) is 4.34. The number of halogens is 1. The van der Waals surface area contributed by atoms with Crippen LogP contribution in [0.25, 0.3) is 10.8 Å². The molecule has 2 aromatic rings. The molecule has 2 heterocycles. The molecule has 2 nitrogen and oxygen atoms in total. The number of anilines is 1. The lowest BCUT2D eigenvalue weighted by atomic mass is 10.1. The van der Waals surface area contributed by atoms with E-state index >= 15 is 0 Å². The Bertz CT molecular complexity index is 574. The smallest absolute Gasteiger partial charge is 0.136 e. The van der Waals surface area contributed by atoms with Crippen LogP contribution in [0.4, 0.5) is 5.82 Å². The predicted molar refractivity (Wildman–Crippen MR) is 86.6 cm³/mol. The molecule has 20 heavy (non-hydrogen) atoms. The maximum Gasteiger partial charge on any atom is 0.136 e. The molecular weight excluding hydrogens is 268 g/mol. The maximum absolute atomic E-state index is 6.02. The first kappa shape index (κ1) is 13.7. The number of benzene rings is 1. The van der Waals surface area contributed by atoms with Crippen molar-refractivity contribution in [1.82, 2.24) is 4.98 Å². The molecule has 1 saturated heterocycles. The molecule has 0 radical (unpaired) electrons. The minimum absolute atomic E-state index is 0.478. The van der Waals surface area contributed by atoms with Crippen LogP contribution in [0.2, 0.25) is 0 Å². The van der Waals surface area contributed by atoms with Crippen LogP contribution >= 0.6 is 11.6 Å². The van der Waals surface area contributed by atoms with E-state index in [-0.39, 0.29) is 0 Å². The number of aromatic nitrogens is 1. The van der Waals surface area contributed by atoms with Gasteiger partial charge in [0.2, 0.25) is 0 Å². The number of hydrogen-bond acceptors (Lipinski definition) is 2. The molecule has 1 aromatic carbocycles. The molecule has 0 N–H and O–H groups in total. The molecule has 1 aliphatic heterocycles. The second-order valence-corrected chi connectivity index (χ2v) is 5.81. The normalized spacial score (nSPS) is 16.9. The van der Waals surface area contributed by atoms with E-state index in [0.717, 1.165) is 24.6 Å². The first-order chi connectivity index (χ1) is 9.88. The van der Waals surface area contributed by atoms with Crippen LogP contribution in [0.15, 0.2) is 30.3 Å². The van der Waals surface area contributed by atoms with Gasteiger partial charge in [-0.2, -0.15) is 0 Å². The fraction of sp³-hybridized carbons (Fsp3) is 0.471. The molecule has 0 spiro atoms. The molecule has 0 atom stereocenters. The van der Waals surface area contributed by atoms with E-state index in [0.29, 0.717) is 5.88 Å². The van der Waals surface area contributed by atoms with Crippen molar-refractivity contribution in [2.45, 2.75) is 38.0 Å². The minimum atomic E-state index is 0.478. The van der Waals surface area contributed by atoms with Crippen molar-refractivity contribution in [3.05, 3.63) is 36.0 Å². The molecule has 0 amide bonds. The van der Waals surface area contributed by atoms with Crippen molar-refractivity contribution in [2.75, 3.05) is 18.0 Å². The van der Waals surface area contributed by atoms with E-state index in [1.807, 2.05) is 0 Å². The summed E-state index contributed by atoms with van der Waals surface area (Å²) in [5.74, 6) is 1.60. The van der Waals surface area contributed by atoms with Crippen LogP contribution in [0, 0.1) is 0 Å². The van der Waals surface area contributed by atoms with Gasteiger partial charge in [-0.3, -0.25) is 0 Å². The van der Waals surface area contributed by atoms with Gasteiger partial charge in [0.25, 0.3) is 0 Å². The van der Waals surface area contributed by atoms with Crippen molar-refractivity contribution < 1.29 is 0 Å². The number of rotatable bonds is 2. The third kappa shape index (κ3) is 2.90. The fourth-order valence-electron chi connectivity index (χ4n) is 3.00. The predicted octanol–water partition coefficient (Wildman–Crippen LogP) is 4.74. The van der Waals surface area contributed by atoms with Crippen LogP contribution in [0.1, 0.15) is 37.8 Å². The Morgan fingerprint density at radius 1 is 1.00 bits per heavy atom. The van der Waals surface area contributed by atoms with Gasteiger partial charge >= 0.3 is 0 Å². The van der Waals surface area contributed by atoms with Gasteiger partial charge in [0, 0.05) is 18.5 Å². The van der Waals surface area contributed by atoms with Crippen molar-refractivity contribution in [3.63, 3.8) is 0 Å². The molecule has 1 fully saturated rings. The lowest BCUT2D eigenvalue weighted by Gasteiger charge is -2.27. The van der Waals surface area contributed by atoms with Gasteiger partial charge in [0.1, 0.15) is 5.82 Å². The molecule has 3 heteroatoms. The maximum atomic E-state index is 6.02. The van der Waals surface area contributed by atoms with Gasteiger partial charge in [-0.05, 0) is 24.3 Å². The van der Waals surface area contributed by atoms with Crippen molar-refractivity contribution in [1.29, 1.82) is 0 Å². The standard InChI is InChI=1S/C17H21ClN2/c18-13-15-12-14-8-4-5-9-16(14)17(19-15)20-10-6-2-1-3-7-11-20/h4-5,8-9,12H,1-3,6-7,10-11,13H2. The highest BCUT2D eigenvalue weighted by molar-refractivity contribution is 6.17. The zero-order valence-corrected chi connectivity index (χ0v) is 12.6. The Kier molecular flexibility index (Phi) is 4.41. The molecule has 0 saturated carbocycles. The molecule has 3 rings (SSSR count). The van der Waals surface area contributed by atoms with Crippen LogP contribution in [-0.4, -0.2) is 18.1 Å². The zero-order chi connectivity index (χ0) is 13.8. The Morgan fingerprint density at radius 3 is 2.45 bits per heavy atom. The average molecular weight is 289 g/mol. The first-order valence-electron chi connectivity index (χ1n) is 7.58. The number of fused-ring (bicyclic) bond motifs is 1. The first-order valence-corrected chi connectivity index (χ1v) is 8.11. The summed E-state index contributed by atoms with van der Waals surface area (Å²) >= 11 is 6.02. The fourth-order valence-corrected chi connectivity index (χ4v) is 3.14. The molecule has 1 aliphatic rings. The second-order valence-electron chi connectivity index (χ2n) is 5.55. The highest BCUT2D eigenvalue weighted by Gasteiger charge is 2.14. The largest absolute Gasteiger partial charge is 0.356 e. The van der Waals surface area contributed by atoms with Gasteiger partial charge in [0.15, 0.2) is 0 Å². The Morgan fingerprint density at radius 2 is 1.70 bits per heavy atom. The van der Waals surface area contributed by atoms with Crippen molar-refractivity contribution >= 4 is 28.2 Å². The van der Waals surface area contributed by atoms with Gasteiger partial charge in [-0.25, -0.2) is 4.98 Å². The van der Waals surface area contributed by atoms with E-state index < -0.39 is 0 Å². The number of pyridine rings is 1. The summed E-state index contributed by atoms with van der Waals surface area (Å²) in [6, 6.07) is 10.6. The SMILES string of the molecule is ClCc1cc2ccccc2c(N2CCCCCCC2)n1. The summed E-state index contributed by atoms with van der Waals surface area (Å²) in [6.07, 6.45) is 6.58. The molecule has 0 aliphatic carbocycles. The lowest BCUT2D eigenvalue weighted by Crippen LogP contribution is -2.28. The van der Waals surface area contributed by atoms with Gasteiger partial charge in [-0.1, -0.05) is 43.5 Å². The number of nitrogens with zero attached hydrogens (tertiary/aromatic N) is 2. The summed E-state index contributed by atoms with van der Waals surface area (Å²) in [6.45, 7) is 2.23. The lowest BCUT2D eigenvalue weighted by molar-refractivity contribution is 0.554. The minimum Gasteiger partial charge on any atom is -0.356 e. The molecule has 1 aromatic heterocycles. The van der Waals surface area contributed by atoms with E-state index in [4.69, 9.17) is 16.6 Å². The van der Waals surface area contributed by atoms with E-state index in [1.54, 1.807) is 0 Å². The molecule has 0 unspecified atom stereocenters. The summed E-state index contributed by atoms with van der Waals surface area (Å²) in [7, 11) is 0. The monoisotopic (exact) mass is 288 g/mol. The Labute approximate surface area is 125 Å². The van der Waals surface area contributed by atoms with Crippen molar-refractivity contribution in [2.24, 2.45) is 0 Å². The van der Waals surface area contributed by atoms with E-state index in [9.17, 15) is 0 Å². The van der Waals surface area contributed by atoms with E-state index in [1.165, 1.54) is 42.9 Å². The topological polar surface area (TPSA) is 16.1 Å². The van der Waals surface area contributed by atoms with Gasteiger partial charge in [0.05, 0.1) is 11.6 Å². The molecule has 0 bridgehead atoms. The van der Waals surface area contributed by atoms with Crippen molar-refractivity contribution in [3.8, 4) is 0 Å². The van der Waals surface area contributed by atoms with Crippen LogP contribution < -0.4 is 4.90 Å². The summed E-state index contributed by atoms with van der Waals surface area (Å²) in [5.41, 5.74) is 0.974. The summed E-state index contributed by atoms with van der Waals surface area (Å²) in [5, 5.41) is 2.50. The van der Waals surface area contributed by atoms with Crippen LogP contribution in [0.5, 0.6) is 0 Å². The molecular formula is C17H21ClN2. The number of hydrogen-bond donors (Lipinski definition) is 0. The quantitative estimate of drug-likeness (QED) is 0.742. The molecule has 106 valence electrons. The van der Waals surface area contributed by atoms with Crippen LogP contribution in [-0.2, 0) is 5.88 Å². The highest BCUT2D eigenvalue weighted by atomic mass is 35.5. The highest BCUT2D eigenvalue weighted by Crippen LogP contribution is 2.28. The summed E-state index contributed by atoms with van der Waals surface area (Å²) < 4.78 is 0. The van der Waals surface area contributed by atoms with Gasteiger partial charge < -0.3 is 4.90 Å². The van der Waals surface area contributed by atoms with Gasteiger partial charge in [-0.15, -0.1) is 11.6 Å². The summed E-state index contributed by atoms with van der Waals surface area (Å²) in [4.78, 5) is 7.27.